The molecule has 1 saturated carbocycles. The van der Waals surface area contributed by atoms with Crippen molar-refractivity contribution in [1.29, 1.82) is 0 Å². The van der Waals surface area contributed by atoms with Crippen molar-refractivity contribution in [2.45, 2.75) is 110 Å². The number of hydrogen-bond donors (Lipinski definition) is 1. The monoisotopic (exact) mass is 416 g/mol. The summed E-state index contributed by atoms with van der Waals surface area (Å²) in [6.45, 7) is 7.28. The van der Waals surface area contributed by atoms with Gasteiger partial charge in [0.25, 0.3) is 0 Å². The van der Waals surface area contributed by atoms with Gasteiger partial charge in [-0.2, -0.15) is 0 Å². The van der Waals surface area contributed by atoms with Crippen LogP contribution < -0.4 is 5.32 Å². The summed E-state index contributed by atoms with van der Waals surface area (Å²) < 4.78 is 0. The molecule has 1 N–H and O–H groups in total. The standard InChI is InChI=1S/C26H44N2O2/c1-4-5-17-22-28(23(2)3)26(30)19-16-14-12-10-8-6-7-9-11-13-15-18-25(29)27-24-20-21-24/h6,8-9,11-12,14,23-24H,4-5,7,10,13,15-22H2,1-3H3,(H,27,29)/b8-6-,11-9-,14-12-. The first-order valence-electron chi connectivity index (χ1n) is 12.1. The molecule has 0 aromatic carbocycles. The van der Waals surface area contributed by atoms with Crippen LogP contribution in [-0.4, -0.2) is 35.3 Å². The van der Waals surface area contributed by atoms with Crippen LogP contribution >= 0.6 is 0 Å². The maximum absolute atomic E-state index is 12.4. The Bertz CT molecular complexity index is 559. The highest BCUT2D eigenvalue weighted by molar-refractivity contribution is 5.76. The molecule has 0 atom stereocenters. The van der Waals surface area contributed by atoms with Crippen LogP contribution in [0, 0.1) is 0 Å². The molecule has 0 bridgehead atoms. The lowest BCUT2D eigenvalue weighted by atomic mass is 10.2. The molecule has 4 nitrogen and oxygen atoms in total. The number of amides is 2. The van der Waals surface area contributed by atoms with Crippen LogP contribution in [0.15, 0.2) is 36.5 Å². The Morgan fingerprint density at radius 1 is 0.900 bits per heavy atom. The van der Waals surface area contributed by atoms with Crippen LogP contribution in [0.3, 0.4) is 0 Å². The number of nitrogens with zero attached hydrogens (tertiary/aromatic N) is 1. The lowest BCUT2D eigenvalue weighted by Crippen LogP contribution is -2.37. The van der Waals surface area contributed by atoms with Gasteiger partial charge in [-0.1, -0.05) is 56.2 Å². The van der Waals surface area contributed by atoms with E-state index in [1.54, 1.807) is 0 Å². The molecule has 30 heavy (non-hydrogen) atoms. The minimum Gasteiger partial charge on any atom is -0.353 e. The zero-order valence-electron chi connectivity index (χ0n) is 19.6. The van der Waals surface area contributed by atoms with Gasteiger partial charge in [-0.05, 0) is 65.2 Å². The van der Waals surface area contributed by atoms with Gasteiger partial charge in [0.1, 0.15) is 0 Å². The molecule has 0 unspecified atom stereocenters. The summed E-state index contributed by atoms with van der Waals surface area (Å²) in [6.07, 6.45) is 24.5. The number of nitrogens with one attached hydrogen (secondary N) is 1. The normalized spacial score (nSPS) is 14.4. The van der Waals surface area contributed by atoms with E-state index in [1.165, 1.54) is 12.8 Å². The maximum atomic E-state index is 12.4. The molecule has 0 spiro atoms. The molecule has 1 rings (SSSR count). The van der Waals surface area contributed by atoms with E-state index in [1.807, 2.05) is 4.90 Å². The van der Waals surface area contributed by atoms with Crippen LogP contribution in [0.25, 0.3) is 0 Å². The zero-order valence-corrected chi connectivity index (χ0v) is 19.6. The van der Waals surface area contributed by atoms with Gasteiger partial charge in [0, 0.05) is 31.5 Å². The van der Waals surface area contributed by atoms with Crippen LogP contribution in [0.4, 0.5) is 0 Å². The molecular formula is C26H44N2O2. The van der Waals surface area contributed by atoms with Crippen molar-refractivity contribution in [3.63, 3.8) is 0 Å². The smallest absolute Gasteiger partial charge is 0.223 e. The van der Waals surface area contributed by atoms with Crippen molar-refractivity contribution in [3.8, 4) is 0 Å². The van der Waals surface area contributed by atoms with Crippen molar-refractivity contribution in [3.05, 3.63) is 36.5 Å². The highest BCUT2D eigenvalue weighted by Gasteiger charge is 2.22. The summed E-state index contributed by atoms with van der Waals surface area (Å²) in [7, 11) is 0. The van der Waals surface area contributed by atoms with Crippen molar-refractivity contribution in [1.82, 2.24) is 10.2 Å². The molecular weight excluding hydrogens is 372 g/mol. The number of allylic oxidation sites excluding steroid dienone is 6. The molecule has 1 fully saturated rings. The Hall–Kier alpha value is -1.84. The molecule has 0 saturated heterocycles. The molecule has 4 heteroatoms. The number of rotatable bonds is 17. The summed E-state index contributed by atoms with van der Waals surface area (Å²) in [5.74, 6) is 0.476. The first kappa shape index (κ1) is 26.2. The SMILES string of the molecule is CCCCCN(C(=O)CC/C=C\C/C=C\C/C=C\CCCC(=O)NC1CC1)C(C)C. The minimum atomic E-state index is 0.202. The van der Waals surface area contributed by atoms with Crippen molar-refractivity contribution in [2.24, 2.45) is 0 Å². The summed E-state index contributed by atoms with van der Waals surface area (Å²) in [5, 5.41) is 3.02. The molecule has 0 aromatic rings. The van der Waals surface area contributed by atoms with Gasteiger partial charge in [-0.15, -0.1) is 0 Å². The Balaban J connectivity index is 2.02. The zero-order chi connectivity index (χ0) is 22.0. The molecule has 1 aliphatic rings. The molecule has 0 radical (unpaired) electrons. The van der Waals surface area contributed by atoms with E-state index in [4.69, 9.17) is 0 Å². The van der Waals surface area contributed by atoms with Gasteiger partial charge in [-0.3, -0.25) is 9.59 Å². The topological polar surface area (TPSA) is 49.4 Å². The summed E-state index contributed by atoms with van der Waals surface area (Å²) >= 11 is 0. The Kier molecular flexibility index (Phi) is 14.8. The Labute approximate surface area is 184 Å². The van der Waals surface area contributed by atoms with Crippen LogP contribution in [-0.2, 0) is 9.59 Å². The van der Waals surface area contributed by atoms with Gasteiger partial charge in [-0.25, -0.2) is 0 Å². The number of carbonyl (C=O) groups excluding carboxylic acids is 2. The quantitative estimate of drug-likeness (QED) is 0.230. The van der Waals surface area contributed by atoms with Crippen molar-refractivity contribution in [2.75, 3.05) is 6.54 Å². The van der Waals surface area contributed by atoms with E-state index in [2.05, 4.69) is 62.5 Å². The second-order valence-corrected chi connectivity index (χ2v) is 8.55. The fourth-order valence-corrected chi connectivity index (χ4v) is 3.24. The van der Waals surface area contributed by atoms with E-state index in [0.29, 0.717) is 18.9 Å². The molecule has 1 aliphatic carbocycles. The fourth-order valence-electron chi connectivity index (χ4n) is 3.24. The van der Waals surface area contributed by atoms with Gasteiger partial charge < -0.3 is 10.2 Å². The van der Waals surface area contributed by atoms with Gasteiger partial charge in [0.15, 0.2) is 0 Å². The average molecular weight is 417 g/mol. The second-order valence-electron chi connectivity index (χ2n) is 8.55. The molecule has 0 aromatic heterocycles. The average Bonchev–Trinajstić information content (AvgIpc) is 3.52. The minimum absolute atomic E-state index is 0.202. The largest absolute Gasteiger partial charge is 0.353 e. The van der Waals surface area contributed by atoms with Gasteiger partial charge >= 0.3 is 0 Å². The third-order valence-corrected chi connectivity index (χ3v) is 5.23. The highest BCUT2D eigenvalue weighted by Crippen LogP contribution is 2.18. The Morgan fingerprint density at radius 2 is 1.53 bits per heavy atom. The highest BCUT2D eigenvalue weighted by atomic mass is 16.2. The van der Waals surface area contributed by atoms with Crippen LogP contribution in [0.1, 0.15) is 97.8 Å². The van der Waals surface area contributed by atoms with Crippen molar-refractivity contribution < 1.29 is 9.59 Å². The first-order chi connectivity index (χ1) is 14.5. The lowest BCUT2D eigenvalue weighted by Gasteiger charge is -2.26. The summed E-state index contributed by atoms with van der Waals surface area (Å²) in [5.41, 5.74) is 0. The van der Waals surface area contributed by atoms with E-state index in [9.17, 15) is 9.59 Å². The van der Waals surface area contributed by atoms with Crippen LogP contribution in [0.5, 0.6) is 0 Å². The maximum Gasteiger partial charge on any atom is 0.223 e. The van der Waals surface area contributed by atoms with Crippen molar-refractivity contribution >= 4 is 11.8 Å². The fraction of sp³-hybridized carbons (Fsp3) is 0.692. The molecule has 2 amide bonds. The molecule has 0 heterocycles. The number of unbranched alkanes of at least 4 members (excludes halogenated alkanes) is 3. The van der Waals surface area contributed by atoms with E-state index in [-0.39, 0.29) is 17.9 Å². The third-order valence-electron chi connectivity index (χ3n) is 5.23. The first-order valence-corrected chi connectivity index (χ1v) is 12.1. The lowest BCUT2D eigenvalue weighted by molar-refractivity contribution is -0.132. The van der Waals surface area contributed by atoms with Gasteiger partial charge in [0.2, 0.25) is 11.8 Å². The van der Waals surface area contributed by atoms with E-state index in [0.717, 1.165) is 57.9 Å². The second kappa shape index (κ2) is 16.9. The third kappa shape index (κ3) is 14.2. The van der Waals surface area contributed by atoms with E-state index < -0.39 is 0 Å². The number of carbonyl (C=O) groups is 2. The van der Waals surface area contributed by atoms with Crippen LogP contribution in [0.2, 0.25) is 0 Å². The van der Waals surface area contributed by atoms with E-state index >= 15 is 0 Å². The predicted octanol–water partition coefficient (Wildman–Crippen LogP) is 6.09. The predicted molar refractivity (Wildman–Crippen MR) is 127 cm³/mol. The molecule has 0 aliphatic heterocycles. The molecule has 170 valence electrons. The number of hydrogen-bond acceptors (Lipinski definition) is 2. The summed E-state index contributed by atoms with van der Waals surface area (Å²) in [6, 6.07) is 0.757. The Morgan fingerprint density at radius 3 is 2.13 bits per heavy atom. The van der Waals surface area contributed by atoms with Gasteiger partial charge in [0.05, 0.1) is 0 Å². The summed E-state index contributed by atoms with van der Waals surface area (Å²) in [4.78, 5) is 26.0.